The normalized spacial score (nSPS) is 10.9. The van der Waals surface area contributed by atoms with Crippen LogP contribution >= 0.6 is 43.5 Å². The monoisotopic (exact) mass is 416 g/mol. The predicted octanol–water partition coefficient (Wildman–Crippen LogP) is 6.57. The average Bonchev–Trinajstić information content (AvgIpc) is 2.38. The Balaban J connectivity index is 2.18. The zero-order valence-corrected chi connectivity index (χ0v) is 15.2. The van der Waals surface area contributed by atoms with Crippen molar-refractivity contribution in [3.05, 3.63) is 61.5 Å². The summed E-state index contributed by atoms with van der Waals surface area (Å²) in [6.07, 6.45) is 0. The molecule has 0 aliphatic rings. The molecule has 0 saturated heterocycles. The largest absolute Gasteiger partial charge is 0.489 e. The molecule has 0 radical (unpaired) electrons. The molecule has 20 heavy (non-hydrogen) atoms. The highest BCUT2D eigenvalue weighted by Crippen LogP contribution is 2.31. The minimum Gasteiger partial charge on any atom is -0.489 e. The van der Waals surface area contributed by atoms with E-state index in [-0.39, 0.29) is 0 Å². The third kappa shape index (κ3) is 4.00. The molecule has 0 aliphatic carbocycles. The van der Waals surface area contributed by atoms with Crippen molar-refractivity contribution in [1.29, 1.82) is 0 Å². The van der Waals surface area contributed by atoms with Crippen molar-refractivity contribution in [2.24, 2.45) is 0 Å². The number of benzene rings is 2. The van der Waals surface area contributed by atoms with Crippen molar-refractivity contribution >= 4 is 43.5 Å². The summed E-state index contributed by atoms with van der Waals surface area (Å²) in [5, 5.41) is 0.711. The van der Waals surface area contributed by atoms with Crippen LogP contribution < -0.4 is 4.74 Å². The van der Waals surface area contributed by atoms with Gasteiger partial charge < -0.3 is 4.74 Å². The fourth-order valence-corrected chi connectivity index (χ4v) is 3.00. The zero-order valence-electron chi connectivity index (χ0n) is 11.3. The summed E-state index contributed by atoms with van der Waals surface area (Å²) in [5.74, 6) is 1.31. The summed E-state index contributed by atoms with van der Waals surface area (Å²) in [4.78, 5) is 0. The van der Waals surface area contributed by atoms with Crippen LogP contribution in [0.2, 0.25) is 5.02 Å². The molecule has 106 valence electrons. The molecule has 0 spiro atoms. The van der Waals surface area contributed by atoms with Gasteiger partial charge in [-0.1, -0.05) is 63.4 Å². The van der Waals surface area contributed by atoms with Crippen molar-refractivity contribution in [3.8, 4) is 5.75 Å². The van der Waals surface area contributed by atoms with E-state index in [0.717, 1.165) is 20.3 Å². The van der Waals surface area contributed by atoms with Gasteiger partial charge in [-0.3, -0.25) is 0 Å². The van der Waals surface area contributed by atoms with Gasteiger partial charge in [-0.2, -0.15) is 0 Å². The van der Waals surface area contributed by atoms with Gasteiger partial charge in [0.05, 0.1) is 0 Å². The molecule has 0 aromatic heterocycles. The molecule has 0 atom stereocenters. The van der Waals surface area contributed by atoms with E-state index in [1.54, 1.807) is 0 Å². The highest BCUT2D eigenvalue weighted by molar-refractivity contribution is 9.10. The van der Waals surface area contributed by atoms with Crippen molar-refractivity contribution in [3.63, 3.8) is 0 Å². The fourth-order valence-electron chi connectivity index (χ4n) is 1.90. The molecule has 0 unspecified atom stereocenters. The molecule has 4 heteroatoms. The topological polar surface area (TPSA) is 9.23 Å². The van der Waals surface area contributed by atoms with Gasteiger partial charge in [0, 0.05) is 19.5 Å². The van der Waals surface area contributed by atoms with Crippen LogP contribution in [0.4, 0.5) is 0 Å². The van der Waals surface area contributed by atoms with Crippen molar-refractivity contribution in [1.82, 2.24) is 0 Å². The molecule has 1 nitrogen and oxygen atoms in total. The van der Waals surface area contributed by atoms with Crippen LogP contribution in [-0.4, -0.2) is 0 Å². The Morgan fingerprint density at radius 2 is 1.70 bits per heavy atom. The van der Waals surface area contributed by atoms with Crippen molar-refractivity contribution in [2.45, 2.75) is 26.4 Å². The minimum absolute atomic E-state index is 0.405. The molecule has 0 amide bonds. The first-order valence-electron chi connectivity index (χ1n) is 6.33. The summed E-state index contributed by atoms with van der Waals surface area (Å²) in [5.41, 5.74) is 2.17. The molecule has 0 bridgehead atoms. The predicted molar refractivity (Wildman–Crippen MR) is 91.7 cm³/mol. The minimum atomic E-state index is 0.405. The van der Waals surface area contributed by atoms with E-state index in [1.165, 1.54) is 5.56 Å². The smallest absolute Gasteiger partial charge is 0.123 e. The number of hydrogen-bond acceptors (Lipinski definition) is 1. The summed E-state index contributed by atoms with van der Waals surface area (Å²) in [6.45, 7) is 4.77. The van der Waals surface area contributed by atoms with Crippen molar-refractivity contribution < 1.29 is 4.74 Å². The number of halogens is 3. The molecule has 0 saturated carbocycles. The van der Waals surface area contributed by atoms with E-state index in [0.29, 0.717) is 17.5 Å². The van der Waals surface area contributed by atoms with Gasteiger partial charge in [0.15, 0.2) is 0 Å². The summed E-state index contributed by atoms with van der Waals surface area (Å²) < 4.78 is 7.97. The van der Waals surface area contributed by atoms with Crippen LogP contribution in [0.1, 0.15) is 30.9 Å². The number of ether oxygens (including phenoxy) is 1. The second-order valence-corrected chi connectivity index (χ2v) is 7.10. The molecule has 0 aliphatic heterocycles. The van der Waals surface area contributed by atoms with Gasteiger partial charge in [-0.05, 0) is 41.8 Å². The lowest BCUT2D eigenvalue weighted by Gasteiger charge is -2.15. The Kier molecular flexibility index (Phi) is 5.53. The lowest BCUT2D eigenvalue weighted by atomic mass is 10.0. The quantitative estimate of drug-likeness (QED) is 0.546. The lowest BCUT2D eigenvalue weighted by Crippen LogP contribution is -2.00. The molecule has 2 rings (SSSR count). The van der Waals surface area contributed by atoms with Crippen LogP contribution in [0.3, 0.4) is 0 Å². The fraction of sp³-hybridized carbons (Fsp3) is 0.250. The van der Waals surface area contributed by atoms with Gasteiger partial charge in [-0.25, -0.2) is 0 Å². The third-order valence-electron chi connectivity index (χ3n) is 2.99. The maximum absolute atomic E-state index is 6.21. The Hall–Kier alpha value is -0.510. The first kappa shape index (κ1) is 15.9. The maximum atomic E-state index is 6.21. The van der Waals surface area contributed by atoms with Gasteiger partial charge in [-0.15, -0.1) is 0 Å². The molecular weight excluding hydrogens is 403 g/mol. The second-order valence-electron chi connectivity index (χ2n) is 4.86. The molecule has 0 heterocycles. The van der Waals surface area contributed by atoms with Crippen LogP contribution in [0, 0.1) is 0 Å². The van der Waals surface area contributed by atoms with Crippen LogP contribution in [-0.2, 0) is 6.61 Å². The molecule has 0 fully saturated rings. The van der Waals surface area contributed by atoms with E-state index in [4.69, 9.17) is 16.3 Å². The second kappa shape index (κ2) is 6.97. The summed E-state index contributed by atoms with van der Waals surface area (Å²) in [6, 6.07) is 11.9. The van der Waals surface area contributed by atoms with Gasteiger partial charge >= 0.3 is 0 Å². The highest BCUT2D eigenvalue weighted by Gasteiger charge is 2.10. The first-order valence-corrected chi connectivity index (χ1v) is 8.30. The SMILES string of the molecule is CC(C)c1cc(Br)ccc1OCc1ccc(Br)cc1Cl. The summed E-state index contributed by atoms with van der Waals surface area (Å²) >= 11 is 13.1. The Morgan fingerprint density at radius 3 is 2.35 bits per heavy atom. The van der Waals surface area contributed by atoms with E-state index >= 15 is 0 Å². The molecule has 0 N–H and O–H groups in total. The number of hydrogen-bond donors (Lipinski definition) is 0. The standard InChI is InChI=1S/C16H15Br2ClO/c1-10(2)14-7-12(17)5-6-16(14)20-9-11-3-4-13(18)8-15(11)19/h3-8,10H,9H2,1-2H3. The van der Waals surface area contributed by atoms with Crippen molar-refractivity contribution in [2.75, 3.05) is 0 Å². The number of rotatable bonds is 4. The Morgan fingerprint density at radius 1 is 1.05 bits per heavy atom. The average molecular weight is 419 g/mol. The van der Waals surface area contributed by atoms with Gasteiger partial charge in [0.1, 0.15) is 12.4 Å². The summed E-state index contributed by atoms with van der Waals surface area (Å²) in [7, 11) is 0. The maximum Gasteiger partial charge on any atom is 0.123 e. The zero-order chi connectivity index (χ0) is 14.7. The molecular formula is C16H15Br2ClO. The molecule has 2 aromatic rings. The Labute approximate surface area is 141 Å². The van der Waals surface area contributed by atoms with Crippen LogP contribution in [0.5, 0.6) is 5.75 Å². The van der Waals surface area contributed by atoms with Gasteiger partial charge in [0.2, 0.25) is 0 Å². The van der Waals surface area contributed by atoms with Crippen LogP contribution in [0.15, 0.2) is 45.3 Å². The van der Waals surface area contributed by atoms with E-state index in [1.807, 2.05) is 30.3 Å². The lowest BCUT2D eigenvalue weighted by molar-refractivity contribution is 0.302. The van der Waals surface area contributed by atoms with Crippen LogP contribution in [0.25, 0.3) is 0 Å². The first-order chi connectivity index (χ1) is 9.47. The van der Waals surface area contributed by atoms with E-state index in [9.17, 15) is 0 Å². The third-order valence-corrected chi connectivity index (χ3v) is 4.33. The van der Waals surface area contributed by atoms with E-state index in [2.05, 4.69) is 51.8 Å². The van der Waals surface area contributed by atoms with E-state index < -0.39 is 0 Å². The van der Waals surface area contributed by atoms with Gasteiger partial charge in [0.25, 0.3) is 0 Å². The Bertz CT molecular complexity index is 611. The highest BCUT2D eigenvalue weighted by atomic mass is 79.9. The molecule has 2 aromatic carbocycles.